The highest BCUT2D eigenvalue weighted by Gasteiger charge is 2.24. The molecule has 1 atom stereocenters. The second-order valence-corrected chi connectivity index (χ2v) is 7.78. The van der Waals surface area contributed by atoms with Gasteiger partial charge in [-0.25, -0.2) is 0 Å². The largest absolute Gasteiger partial charge is 0.354 e. The predicted octanol–water partition coefficient (Wildman–Crippen LogP) is 2.46. The first-order chi connectivity index (χ1) is 11.2. The molecule has 0 bridgehead atoms. The second-order valence-electron chi connectivity index (χ2n) is 5.97. The number of hydrogen-bond acceptors (Lipinski definition) is 5. The molecule has 3 heterocycles. The minimum atomic E-state index is 0.113. The van der Waals surface area contributed by atoms with Crippen molar-refractivity contribution < 1.29 is 4.79 Å². The van der Waals surface area contributed by atoms with Crippen molar-refractivity contribution in [2.75, 3.05) is 39.8 Å². The quantitative estimate of drug-likeness (QED) is 0.870. The number of rotatable bonds is 6. The monoisotopic (exact) mass is 349 g/mol. The number of carbonyl (C=O) groups excluding carboxylic acids is 1. The Kier molecular flexibility index (Phi) is 5.83. The molecule has 1 N–H and O–H groups in total. The SMILES string of the molecule is CN1CCN(C(CNC(=O)Cc2cccs2)c2ccsc2)CC1. The molecule has 0 saturated carbocycles. The number of nitrogens with zero attached hydrogens (tertiary/aromatic N) is 2. The van der Waals surface area contributed by atoms with Gasteiger partial charge in [0.25, 0.3) is 0 Å². The summed E-state index contributed by atoms with van der Waals surface area (Å²) in [7, 11) is 2.17. The van der Waals surface area contributed by atoms with E-state index in [1.54, 1.807) is 22.7 Å². The highest BCUT2D eigenvalue weighted by molar-refractivity contribution is 7.10. The third-order valence-electron chi connectivity index (χ3n) is 4.31. The van der Waals surface area contributed by atoms with Crippen molar-refractivity contribution in [2.24, 2.45) is 0 Å². The summed E-state index contributed by atoms with van der Waals surface area (Å²) in [6.07, 6.45) is 0.483. The first kappa shape index (κ1) is 16.6. The maximum atomic E-state index is 12.2. The Balaban J connectivity index is 1.59. The fourth-order valence-corrected chi connectivity index (χ4v) is 4.31. The van der Waals surface area contributed by atoms with Crippen molar-refractivity contribution in [1.29, 1.82) is 0 Å². The Labute approximate surface area is 145 Å². The molecule has 1 saturated heterocycles. The molecule has 1 aliphatic rings. The highest BCUT2D eigenvalue weighted by atomic mass is 32.1. The highest BCUT2D eigenvalue weighted by Crippen LogP contribution is 2.23. The maximum Gasteiger partial charge on any atom is 0.225 e. The minimum absolute atomic E-state index is 0.113. The normalized spacial score (nSPS) is 18.0. The summed E-state index contributed by atoms with van der Waals surface area (Å²) in [6, 6.07) is 6.47. The summed E-state index contributed by atoms with van der Waals surface area (Å²) < 4.78 is 0. The zero-order chi connectivity index (χ0) is 16.1. The van der Waals surface area contributed by atoms with Gasteiger partial charge < -0.3 is 10.2 Å². The van der Waals surface area contributed by atoms with Crippen LogP contribution in [0.2, 0.25) is 0 Å². The number of nitrogens with one attached hydrogen (secondary N) is 1. The molecule has 1 aliphatic heterocycles. The molecule has 1 unspecified atom stereocenters. The van der Waals surface area contributed by atoms with Crippen LogP contribution in [0.5, 0.6) is 0 Å². The molecule has 2 aromatic heterocycles. The molecule has 2 aromatic rings. The van der Waals surface area contributed by atoms with E-state index >= 15 is 0 Å². The molecule has 0 radical (unpaired) electrons. The molecule has 4 nitrogen and oxygen atoms in total. The zero-order valence-corrected chi connectivity index (χ0v) is 15.0. The lowest BCUT2D eigenvalue weighted by molar-refractivity contribution is -0.120. The van der Waals surface area contributed by atoms with Crippen molar-refractivity contribution in [3.63, 3.8) is 0 Å². The second kappa shape index (κ2) is 8.06. The van der Waals surface area contributed by atoms with Crippen molar-refractivity contribution in [1.82, 2.24) is 15.1 Å². The van der Waals surface area contributed by atoms with Crippen LogP contribution in [0, 0.1) is 0 Å². The smallest absolute Gasteiger partial charge is 0.225 e. The molecule has 1 fully saturated rings. The third kappa shape index (κ3) is 4.64. The lowest BCUT2D eigenvalue weighted by atomic mass is 10.1. The van der Waals surface area contributed by atoms with Gasteiger partial charge in [0.1, 0.15) is 0 Å². The topological polar surface area (TPSA) is 35.6 Å². The van der Waals surface area contributed by atoms with Crippen LogP contribution in [-0.4, -0.2) is 55.5 Å². The summed E-state index contributed by atoms with van der Waals surface area (Å²) in [5.41, 5.74) is 1.32. The first-order valence-corrected chi connectivity index (χ1v) is 9.78. The molecule has 1 amide bonds. The van der Waals surface area contributed by atoms with E-state index in [2.05, 4.69) is 39.0 Å². The van der Waals surface area contributed by atoms with E-state index < -0.39 is 0 Å². The Morgan fingerprint density at radius 3 is 2.74 bits per heavy atom. The molecule has 0 aliphatic carbocycles. The summed E-state index contributed by atoms with van der Waals surface area (Å²) in [4.78, 5) is 18.2. The Bertz CT molecular complexity index is 589. The molecule has 0 spiro atoms. The van der Waals surface area contributed by atoms with Gasteiger partial charge in [-0.3, -0.25) is 9.69 Å². The van der Waals surface area contributed by atoms with E-state index in [-0.39, 0.29) is 11.9 Å². The van der Waals surface area contributed by atoms with Crippen LogP contribution < -0.4 is 5.32 Å². The molecule has 124 valence electrons. The van der Waals surface area contributed by atoms with E-state index in [0.717, 1.165) is 31.1 Å². The van der Waals surface area contributed by atoms with Gasteiger partial charge in [0.05, 0.1) is 12.5 Å². The van der Waals surface area contributed by atoms with Gasteiger partial charge in [-0.15, -0.1) is 11.3 Å². The molecule has 6 heteroatoms. The number of thiophene rings is 2. The van der Waals surface area contributed by atoms with Crippen molar-refractivity contribution in [3.05, 3.63) is 44.8 Å². The number of piperazine rings is 1. The summed E-state index contributed by atoms with van der Waals surface area (Å²) in [5.74, 6) is 0.113. The average molecular weight is 350 g/mol. The number of hydrogen-bond donors (Lipinski definition) is 1. The lowest BCUT2D eigenvalue weighted by Gasteiger charge is -2.38. The average Bonchev–Trinajstić information content (AvgIpc) is 3.23. The number of amides is 1. The summed E-state index contributed by atoms with van der Waals surface area (Å²) >= 11 is 3.36. The fraction of sp³-hybridized carbons (Fsp3) is 0.471. The van der Waals surface area contributed by atoms with Crippen LogP contribution in [0.1, 0.15) is 16.5 Å². The molecular formula is C17H23N3OS2. The Morgan fingerprint density at radius 1 is 1.26 bits per heavy atom. The van der Waals surface area contributed by atoms with Crippen LogP contribution in [0.25, 0.3) is 0 Å². The van der Waals surface area contributed by atoms with Gasteiger partial charge in [-0.05, 0) is 40.9 Å². The van der Waals surface area contributed by atoms with Crippen LogP contribution in [-0.2, 0) is 11.2 Å². The van der Waals surface area contributed by atoms with Crippen molar-refractivity contribution in [2.45, 2.75) is 12.5 Å². The van der Waals surface area contributed by atoms with Gasteiger partial charge in [0.2, 0.25) is 5.91 Å². The van der Waals surface area contributed by atoms with Crippen LogP contribution >= 0.6 is 22.7 Å². The van der Waals surface area contributed by atoms with Crippen molar-refractivity contribution in [3.8, 4) is 0 Å². The van der Waals surface area contributed by atoms with Gasteiger partial charge >= 0.3 is 0 Å². The fourth-order valence-electron chi connectivity index (χ4n) is 2.90. The van der Waals surface area contributed by atoms with Gasteiger partial charge in [-0.2, -0.15) is 11.3 Å². The first-order valence-electron chi connectivity index (χ1n) is 7.96. The van der Waals surface area contributed by atoms with Gasteiger partial charge in [0.15, 0.2) is 0 Å². The standard InChI is InChI=1S/C17H23N3OS2/c1-19-5-7-20(8-6-19)16(14-4-10-22-13-14)12-18-17(21)11-15-3-2-9-23-15/h2-4,9-10,13,16H,5-8,11-12H2,1H3,(H,18,21). The third-order valence-corrected chi connectivity index (χ3v) is 5.89. The predicted molar refractivity (Wildman–Crippen MR) is 97.2 cm³/mol. The number of carbonyl (C=O) groups is 1. The zero-order valence-electron chi connectivity index (χ0n) is 13.4. The molecular weight excluding hydrogens is 326 g/mol. The lowest BCUT2D eigenvalue weighted by Crippen LogP contribution is -2.48. The van der Waals surface area contributed by atoms with Crippen LogP contribution in [0.3, 0.4) is 0 Å². The van der Waals surface area contributed by atoms with E-state index in [1.807, 2.05) is 17.5 Å². The van der Waals surface area contributed by atoms with Gasteiger partial charge in [-0.1, -0.05) is 6.07 Å². The summed E-state index contributed by atoms with van der Waals surface area (Å²) in [5, 5.41) is 9.47. The Morgan fingerprint density at radius 2 is 2.09 bits per heavy atom. The summed E-state index contributed by atoms with van der Waals surface area (Å²) in [6.45, 7) is 4.97. The maximum absolute atomic E-state index is 12.2. The minimum Gasteiger partial charge on any atom is -0.354 e. The van der Waals surface area contributed by atoms with E-state index in [0.29, 0.717) is 13.0 Å². The van der Waals surface area contributed by atoms with Crippen LogP contribution in [0.15, 0.2) is 34.3 Å². The Hall–Kier alpha value is -1.21. The molecule has 23 heavy (non-hydrogen) atoms. The van der Waals surface area contributed by atoms with Crippen LogP contribution in [0.4, 0.5) is 0 Å². The molecule has 0 aromatic carbocycles. The van der Waals surface area contributed by atoms with E-state index in [9.17, 15) is 4.79 Å². The van der Waals surface area contributed by atoms with Gasteiger partial charge in [0, 0.05) is 37.6 Å². The van der Waals surface area contributed by atoms with E-state index in [1.165, 1.54) is 5.56 Å². The number of likely N-dealkylation sites (N-methyl/N-ethyl adjacent to an activating group) is 1. The van der Waals surface area contributed by atoms with Crippen molar-refractivity contribution >= 4 is 28.6 Å². The van der Waals surface area contributed by atoms with E-state index in [4.69, 9.17) is 0 Å². The molecule has 3 rings (SSSR count).